The Balaban J connectivity index is 2.91. The Morgan fingerprint density at radius 1 is 1.37 bits per heavy atom. The fourth-order valence-corrected chi connectivity index (χ4v) is 2.14. The highest BCUT2D eigenvalue weighted by molar-refractivity contribution is 6.18. The summed E-state index contributed by atoms with van der Waals surface area (Å²) >= 11 is 5.58. The molecular formula is C15H19ClO3. The molecule has 1 aromatic carbocycles. The van der Waals surface area contributed by atoms with Crippen LogP contribution >= 0.6 is 11.6 Å². The Hall–Kier alpha value is -1.35. The number of carbonyl (C=O) groups is 2. The molecule has 1 atom stereocenters. The number of rotatable bonds is 6. The number of hydrogen-bond donors (Lipinski definition) is 0. The molecule has 0 heterocycles. The number of esters is 1. The highest BCUT2D eigenvalue weighted by Crippen LogP contribution is 2.22. The van der Waals surface area contributed by atoms with E-state index < -0.39 is 0 Å². The van der Waals surface area contributed by atoms with Crippen molar-refractivity contribution in [1.82, 2.24) is 0 Å². The van der Waals surface area contributed by atoms with Crippen molar-refractivity contribution < 1.29 is 14.3 Å². The smallest absolute Gasteiger partial charge is 0.312 e. The second-order valence-electron chi connectivity index (χ2n) is 4.53. The molecule has 0 aliphatic carbocycles. The SMILES string of the molecule is COC(=O)C(C)c1ccc(C(=O)CCCCl)cc1C. The van der Waals surface area contributed by atoms with Crippen molar-refractivity contribution in [2.24, 2.45) is 0 Å². The zero-order valence-corrected chi connectivity index (χ0v) is 12.3. The van der Waals surface area contributed by atoms with E-state index in [1.165, 1.54) is 7.11 Å². The van der Waals surface area contributed by atoms with Crippen LogP contribution in [0.5, 0.6) is 0 Å². The van der Waals surface area contributed by atoms with Gasteiger partial charge in [-0.1, -0.05) is 12.1 Å². The van der Waals surface area contributed by atoms with Crippen molar-refractivity contribution >= 4 is 23.4 Å². The second-order valence-corrected chi connectivity index (χ2v) is 4.91. The minimum Gasteiger partial charge on any atom is -0.469 e. The number of carbonyl (C=O) groups excluding carboxylic acids is 2. The zero-order chi connectivity index (χ0) is 14.4. The van der Waals surface area contributed by atoms with Crippen LogP contribution in [0.1, 0.15) is 47.2 Å². The zero-order valence-electron chi connectivity index (χ0n) is 11.5. The first-order valence-corrected chi connectivity index (χ1v) is 6.82. The Morgan fingerprint density at radius 2 is 2.05 bits per heavy atom. The largest absolute Gasteiger partial charge is 0.469 e. The van der Waals surface area contributed by atoms with Crippen LogP contribution < -0.4 is 0 Å². The maximum absolute atomic E-state index is 11.9. The van der Waals surface area contributed by atoms with Gasteiger partial charge in [0, 0.05) is 17.9 Å². The lowest BCUT2D eigenvalue weighted by molar-refractivity contribution is -0.142. The predicted molar refractivity (Wildman–Crippen MR) is 75.9 cm³/mol. The molecule has 3 nitrogen and oxygen atoms in total. The Kier molecular flexibility index (Phi) is 6.03. The molecule has 0 bridgehead atoms. The quantitative estimate of drug-likeness (QED) is 0.456. The maximum atomic E-state index is 11.9. The number of benzene rings is 1. The van der Waals surface area contributed by atoms with E-state index in [0.29, 0.717) is 24.3 Å². The number of ketones is 1. The summed E-state index contributed by atoms with van der Waals surface area (Å²) in [6.45, 7) is 3.69. The molecular weight excluding hydrogens is 264 g/mol. The molecule has 1 rings (SSSR count). The molecule has 0 aliphatic heterocycles. The van der Waals surface area contributed by atoms with Gasteiger partial charge in [0.1, 0.15) is 0 Å². The number of methoxy groups -OCH3 is 1. The third-order valence-electron chi connectivity index (χ3n) is 3.15. The van der Waals surface area contributed by atoms with E-state index in [4.69, 9.17) is 16.3 Å². The van der Waals surface area contributed by atoms with Crippen molar-refractivity contribution in [2.75, 3.05) is 13.0 Å². The van der Waals surface area contributed by atoms with Gasteiger partial charge in [-0.25, -0.2) is 0 Å². The number of aryl methyl sites for hydroxylation is 1. The van der Waals surface area contributed by atoms with E-state index in [1.54, 1.807) is 13.0 Å². The highest BCUT2D eigenvalue weighted by Gasteiger charge is 2.18. The fourth-order valence-electron chi connectivity index (χ4n) is 2.01. The number of halogens is 1. The lowest BCUT2D eigenvalue weighted by Crippen LogP contribution is -2.12. The molecule has 0 spiro atoms. The lowest BCUT2D eigenvalue weighted by Gasteiger charge is -2.13. The Labute approximate surface area is 118 Å². The minimum absolute atomic E-state index is 0.0843. The molecule has 1 unspecified atom stereocenters. The number of alkyl halides is 1. The first-order chi connectivity index (χ1) is 9.01. The molecule has 0 aromatic heterocycles. The van der Waals surface area contributed by atoms with Gasteiger partial charge in [0.05, 0.1) is 13.0 Å². The van der Waals surface area contributed by atoms with Crippen LogP contribution in [0.25, 0.3) is 0 Å². The average molecular weight is 283 g/mol. The molecule has 104 valence electrons. The summed E-state index contributed by atoms with van der Waals surface area (Å²) in [5.74, 6) is -0.0235. The van der Waals surface area contributed by atoms with Crippen molar-refractivity contribution in [3.05, 3.63) is 34.9 Å². The molecule has 0 N–H and O–H groups in total. The standard InChI is InChI=1S/C15H19ClO3/c1-10-9-12(14(17)5-4-8-16)6-7-13(10)11(2)15(18)19-3/h6-7,9,11H,4-5,8H2,1-3H3. The Morgan fingerprint density at radius 3 is 2.58 bits per heavy atom. The van der Waals surface area contributed by atoms with E-state index in [0.717, 1.165) is 11.1 Å². The summed E-state index contributed by atoms with van der Waals surface area (Å²) in [6.07, 6.45) is 1.13. The first-order valence-electron chi connectivity index (χ1n) is 6.28. The molecule has 1 aromatic rings. The summed E-state index contributed by atoms with van der Waals surface area (Å²) in [5, 5.41) is 0. The molecule has 0 fully saturated rings. The molecule has 4 heteroatoms. The van der Waals surface area contributed by atoms with Gasteiger partial charge in [-0.15, -0.1) is 11.6 Å². The second kappa shape index (κ2) is 7.29. The fraction of sp³-hybridized carbons (Fsp3) is 0.467. The molecule has 0 saturated carbocycles. The average Bonchev–Trinajstić information content (AvgIpc) is 2.42. The van der Waals surface area contributed by atoms with Gasteiger partial charge < -0.3 is 4.74 Å². The van der Waals surface area contributed by atoms with Crippen LogP contribution in [0, 0.1) is 6.92 Å². The van der Waals surface area contributed by atoms with E-state index in [-0.39, 0.29) is 17.7 Å². The minimum atomic E-state index is -0.322. The van der Waals surface area contributed by atoms with Crippen molar-refractivity contribution in [3.8, 4) is 0 Å². The number of Topliss-reactive ketones (excluding diaryl/α,β-unsaturated/α-hetero) is 1. The molecule has 0 aliphatic rings. The predicted octanol–water partition coefficient (Wildman–Crippen LogP) is 3.47. The van der Waals surface area contributed by atoms with Crippen molar-refractivity contribution in [2.45, 2.75) is 32.6 Å². The third-order valence-corrected chi connectivity index (χ3v) is 3.42. The molecule has 19 heavy (non-hydrogen) atoms. The van der Waals surface area contributed by atoms with Gasteiger partial charge >= 0.3 is 5.97 Å². The van der Waals surface area contributed by atoms with Crippen LogP contribution in [0.3, 0.4) is 0 Å². The molecule has 0 radical (unpaired) electrons. The first kappa shape index (κ1) is 15.7. The topological polar surface area (TPSA) is 43.4 Å². The maximum Gasteiger partial charge on any atom is 0.312 e. The number of hydrogen-bond acceptors (Lipinski definition) is 3. The summed E-state index contributed by atoms with van der Waals surface area (Å²) in [4.78, 5) is 23.4. The number of ether oxygens (including phenoxy) is 1. The van der Waals surface area contributed by atoms with Crippen molar-refractivity contribution in [1.29, 1.82) is 0 Å². The van der Waals surface area contributed by atoms with E-state index in [9.17, 15) is 9.59 Å². The van der Waals surface area contributed by atoms with Gasteiger partial charge in [0.25, 0.3) is 0 Å². The van der Waals surface area contributed by atoms with Crippen LogP contribution in [0.15, 0.2) is 18.2 Å². The summed E-state index contributed by atoms with van der Waals surface area (Å²) in [5.41, 5.74) is 2.48. The highest BCUT2D eigenvalue weighted by atomic mass is 35.5. The van der Waals surface area contributed by atoms with Crippen LogP contribution in [0.4, 0.5) is 0 Å². The van der Waals surface area contributed by atoms with Crippen LogP contribution in [-0.4, -0.2) is 24.7 Å². The van der Waals surface area contributed by atoms with Gasteiger partial charge in [-0.05, 0) is 37.5 Å². The van der Waals surface area contributed by atoms with Crippen molar-refractivity contribution in [3.63, 3.8) is 0 Å². The lowest BCUT2D eigenvalue weighted by atomic mass is 9.93. The molecule has 0 saturated heterocycles. The summed E-state index contributed by atoms with van der Waals surface area (Å²) in [6, 6.07) is 5.41. The van der Waals surface area contributed by atoms with Gasteiger partial charge in [0.15, 0.2) is 5.78 Å². The normalized spacial score (nSPS) is 12.0. The van der Waals surface area contributed by atoms with E-state index >= 15 is 0 Å². The monoisotopic (exact) mass is 282 g/mol. The van der Waals surface area contributed by atoms with Crippen LogP contribution in [-0.2, 0) is 9.53 Å². The van der Waals surface area contributed by atoms with Crippen LogP contribution in [0.2, 0.25) is 0 Å². The summed E-state index contributed by atoms with van der Waals surface area (Å²) < 4.78 is 4.73. The Bertz CT molecular complexity index is 468. The van der Waals surface area contributed by atoms with Gasteiger partial charge in [0.2, 0.25) is 0 Å². The molecule has 0 amide bonds. The van der Waals surface area contributed by atoms with Gasteiger partial charge in [-0.3, -0.25) is 9.59 Å². The van der Waals surface area contributed by atoms with E-state index in [2.05, 4.69) is 0 Å². The van der Waals surface area contributed by atoms with E-state index in [1.807, 2.05) is 19.1 Å². The summed E-state index contributed by atoms with van der Waals surface area (Å²) in [7, 11) is 1.37. The third kappa shape index (κ3) is 4.06. The van der Waals surface area contributed by atoms with Gasteiger partial charge in [-0.2, -0.15) is 0 Å².